The summed E-state index contributed by atoms with van der Waals surface area (Å²) in [5.41, 5.74) is 0.705. The van der Waals surface area contributed by atoms with E-state index in [1.165, 1.54) is 41.4 Å². The fraction of sp³-hybridized carbons (Fsp3) is 0. The number of aromatic nitrogens is 1. The summed E-state index contributed by atoms with van der Waals surface area (Å²) in [6.45, 7) is 0. The highest BCUT2D eigenvalue weighted by Gasteiger charge is 2.22. The lowest BCUT2D eigenvalue weighted by atomic mass is 10.2. The Bertz CT molecular complexity index is 1180. The molecule has 28 heavy (non-hydrogen) atoms. The van der Waals surface area contributed by atoms with E-state index in [-0.39, 0.29) is 10.8 Å². The largest absolute Gasteiger partial charge is 0.457 e. The summed E-state index contributed by atoms with van der Waals surface area (Å²) >= 11 is 7.33. The summed E-state index contributed by atoms with van der Waals surface area (Å²) in [5, 5.41) is 4.53. The number of amides is 1. The first kappa shape index (κ1) is 18.9. The zero-order valence-electron chi connectivity index (χ0n) is 13.9. The average Bonchev–Trinajstić information content (AvgIpc) is 3.38. The molecule has 1 amide bonds. The molecule has 1 aromatic carbocycles. The van der Waals surface area contributed by atoms with Crippen molar-refractivity contribution in [2.45, 2.75) is 4.90 Å². The number of nitrogens with one attached hydrogen (secondary N) is 2. The Hall–Kier alpha value is -2.47. The fourth-order valence-electron chi connectivity index (χ4n) is 2.38. The summed E-state index contributed by atoms with van der Waals surface area (Å²) in [6, 6.07) is 9.76. The summed E-state index contributed by atoms with van der Waals surface area (Å²) < 4.78 is 33.3. The number of hydrogen-bond donors (Lipinski definition) is 2. The van der Waals surface area contributed by atoms with Crippen LogP contribution in [0.3, 0.4) is 0 Å². The Labute approximate surface area is 173 Å². The van der Waals surface area contributed by atoms with Gasteiger partial charge in [0.15, 0.2) is 5.13 Å². The van der Waals surface area contributed by atoms with Gasteiger partial charge in [0, 0.05) is 23.2 Å². The predicted molar refractivity (Wildman–Crippen MR) is 113 cm³/mol. The van der Waals surface area contributed by atoms with Crippen molar-refractivity contribution < 1.29 is 17.6 Å². The molecule has 0 aliphatic carbocycles. The maximum Gasteiger partial charge on any atom is 0.263 e. The zero-order chi connectivity index (χ0) is 19.7. The fourth-order valence-corrected chi connectivity index (χ4v) is 5.19. The molecule has 3 aromatic rings. The minimum Gasteiger partial charge on any atom is -0.457 e. The van der Waals surface area contributed by atoms with Gasteiger partial charge in [-0.05, 0) is 36.4 Å². The molecule has 0 saturated carbocycles. The number of rotatable bonds is 5. The second kappa shape index (κ2) is 7.51. The monoisotopic (exact) mass is 449 g/mol. The summed E-state index contributed by atoms with van der Waals surface area (Å²) in [5.74, 6) is 0.796. The Kier molecular flexibility index (Phi) is 5.06. The molecule has 0 spiro atoms. The first-order valence-corrected chi connectivity index (χ1v) is 11.4. The third kappa shape index (κ3) is 4.02. The number of thioether (sulfide) groups is 1. The lowest BCUT2D eigenvalue weighted by Crippen LogP contribution is -2.17. The molecule has 1 saturated heterocycles. The highest BCUT2D eigenvalue weighted by Crippen LogP contribution is 2.29. The quantitative estimate of drug-likeness (QED) is 0.452. The molecule has 2 N–H and O–H groups in total. The molecule has 3 heterocycles. The number of hydrogen-bond acceptors (Lipinski definition) is 8. The molecule has 1 fully saturated rings. The van der Waals surface area contributed by atoms with Crippen LogP contribution in [0.15, 0.2) is 62.2 Å². The van der Waals surface area contributed by atoms with Crippen LogP contribution in [0.4, 0.5) is 5.13 Å². The molecule has 2 aromatic heterocycles. The van der Waals surface area contributed by atoms with Crippen LogP contribution in [0, 0.1) is 0 Å². The van der Waals surface area contributed by atoms with Crippen LogP contribution in [0.1, 0.15) is 5.76 Å². The number of carbonyl (C=O) groups is 1. The lowest BCUT2D eigenvalue weighted by molar-refractivity contribution is -0.115. The van der Waals surface area contributed by atoms with Crippen molar-refractivity contribution in [1.82, 2.24) is 10.3 Å². The van der Waals surface area contributed by atoms with E-state index in [4.69, 9.17) is 16.6 Å². The van der Waals surface area contributed by atoms with Crippen LogP contribution in [-0.2, 0) is 14.8 Å². The second-order valence-corrected chi connectivity index (χ2v) is 9.82. The predicted octanol–water partition coefficient (Wildman–Crippen LogP) is 3.69. The van der Waals surface area contributed by atoms with Gasteiger partial charge >= 0.3 is 0 Å². The van der Waals surface area contributed by atoms with Crippen molar-refractivity contribution in [3.8, 4) is 11.3 Å². The summed E-state index contributed by atoms with van der Waals surface area (Å²) in [6.07, 6.45) is 3.14. The van der Waals surface area contributed by atoms with E-state index in [0.29, 0.717) is 31.4 Å². The van der Waals surface area contributed by atoms with E-state index >= 15 is 0 Å². The molecule has 0 unspecified atom stereocenters. The number of benzene rings is 1. The number of thiocarbonyl (C=S) groups is 1. The minimum atomic E-state index is -3.71. The first-order valence-electron chi connectivity index (χ1n) is 7.78. The van der Waals surface area contributed by atoms with Crippen LogP contribution in [0.2, 0.25) is 0 Å². The normalized spacial score (nSPS) is 15.8. The van der Waals surface area contributed by atoms with Gasteiger partial charge in [0.2, 0.25) is 0 Å². The molecule has 1 aliphatic rings. The summed E-state index contributed by atoms with van der Waals surface area (Å²) in [7, 11) is -3.71. The van der Waals surface area contributed by atoms with Gasteiger partial charge in [-0.3, -0.25) is 9.52 Å². The molecule has 1 aliphatic heterocycles. The number of anilines is 1. The lowest BCUT2D eigenvalue weighted by Gasteiger charge is -2.05. The Morgan fingerprint density at radius 3 is 2.61 bits per heavy atom. The van der Waals surface area contributed by atoms with Crippen LogP contribution in [0.5, 0.6) is 0 Å². The van der Waals surface area contributed by atoms with Gasteiger partial charge in [-0.15, -0.1) is 11.3 Å². The van der Waals surface area contributed by atoms with Crippen LogP contribution in [-0.4, -0.2) is 23.6 Å². The topological polar surface area (TPSA) is 101 Å². The van der Waals surface area contributed by atoms with Gasteiger partial charge < -0.3 is 9.73 Å². The van der Waals surface area contributed by atoms with Gasteiger partial charge in [-0.2, -0.15) is 0 Å². The van der Waals surface area contributed by atoms with Crippen LogP contribution in [0.25, 0.3) is 17.4 Å². The van der Waals surface area contributed by atoms with E-state index in [1.807, 2.05) is 0 Å². The standard InChI is InChI=1S/C17H11N3O4S4/c21-15-14(27-17(25)19-15)9-11-3-6-13(24-11)10-1-4-12(5-2-10)28(22,23)20-16-18-7-8-26-16/h1-9H,(H,18,20)(H,19,21,25)/b14-9-. The SMILES string of the molecule is O=C1NC(=S)S/C1=C\c1ccc(-c2ccc(S(=O)(=O)Nc3nccs3)cc2)o1. The Balaban J connectivity index is 1.53. The Morgan fingerprint density at radius 2 is 1.96 bits per heavy atom. The molecule has 4 rings (SSSR count). The van der Waals surface area contributed by atoms with Crippen LogP contribution >= 0.6 is 35.3 Å². The highest BCUT2D eigenvalue weighted by molar-refractivity contribution is 8.26. The molecule has 11 heteroatoms. The smallest absolute Gasteiger partial charge is 0.263 e. The average molecular weight is 450 g/mol. The molecule has 0 radical (unpaired) electrons. The van der Waals surface area contributed by atoms with Crippen molar-refractivity contribution in [3.63, 3.8) is 0 Å². The van der Waals surface area contributed by atoms with Crippen molar-refractivity contribution in [2.24, 2.45) is 0 Å². The third-order valence-electron chi connectivity index (χ3n) is 3.65. The first-order chi connectivity index (χ1) is 13.4. The summed E-state index contributed by atoms with van der Waals surface area (Å²) in [4.78, 5) is 16.2. The molecule has 0 atom stereocenters. The van der Waals surface area contributed by atoms with E-state index in [2.05, 4.69) is 15.0 Å². The van der Waals surface area contributed by atoms with Gasteiger partial charge in [-0.25, -0.2) is 13.4 Å². The van der Waals surface area contributed by atoms with E-state index in [9.17, 15) is 13.2 Å². The number of furan rings is 1. The maximum absolute atomic E-state index is 12.4. The minimum absolute atomic E-state index is 0.118. The third-order valence-corrected chi connectivity index (χ3v) is 6.98. The van der Waals surface area contributed by atoms with Crippen molar-refractivity contribution in [3.05, 3.63) is 58.6 Å². The number of thiazole rings is 1. The second-order valence-electron chi connectivity index (χ2n) is 5.52. The van der Waals surface area contributed by atoms with Gasteiger partial charge in [0.05, 0.1) is 9.80 Å². The molecule has 142 valence electrons. The highest BCUT2D eigenvalue weighted by atomic mass is 32.2. The van der Waals surface area contributed by atoms with Gasteiger partial charge in [0.1, 0.15) is 15.8 Å². The van der Waals surface area contributed by atoms with Crippen molar-refractivity contribution >= 4 is 66.8 Å². The number of nitrogens with zero attached hydrogens (tertiary/aromatic N) is 1. The number of sulfonamides is 1. The zero-order valence-corrected chi connectivity index (χ0v) is 17.2. The van der Waals surface area contributed by atoms with Crippen molar-refractivity contribution in [1.29, 1.82) is 0 Å². The van der Waals surface area contributed by atoms with E-state index < -0.39 is 10.0 Å². The Morgan fingerprint density at radius 1 is 1.18 bits per heavy atom. The number of carbonyl (C=O) groups excluding carboxylic acids is 1. The van der Waals surface area contributed by atoms with Gasteiger partial charge in [0.25, 0.3) is 15.9 Å². The molecule has 0 bridgehead atoms. The molecule has 7 nitrogen and oxygen atoms in total. The molecular weight excluding hydrogens is 438 g/mol. The van der Waals surface area contributed by atoms with Crippen LogP contribution < -0.4 is 10.0 Å². The van der Waals surface area contributed by atoms with E-state index in [1.54, 1.807) is 35.7 Å². The van der Waals surface area contributed by atoms with E-state index in [0.717, 1.165) is 0 Å². The van der Waals surface area contributed by atoms with Crippen molar-refractivity contribution in [2.75, 3.05) is 4.72 Å². The van der Waals surface area contributed by atoms with Gasteiger partial charge in [-0.1, -0.05) is 24.0 Å². The molecular formula is C17H11N3O4S4. The maximum atomic E-state index is 12.4.